The molecule has 1 aromatic rings. The fourth-order valence-electron chi connectivity index (χ4n) is 4.88. The fraction of sp³-hybridized carbons (Fsp3) is 0.619. The van der Waals surface area contributed by atoms with Crippen molar-refractivity contribution in [1.82, 2.24) is 10.2 Å². The van der Waals surface area contributed by atoms with E-state index < -0.39 is 0 Å². The number of piperidine rings is 1. The van der Waals surface area contributed by atoms with Gasteiger partial charge in [0.05, 0.1) is 6.04 Å². The van der Waals surface area contributed by atoms with Gasteiger partial charge in [-0.25, -0.2) is 0 Å². The van der Waals surface area contributed by atoms with Crippen molar-refractivity contribution in [3.8, 4) is 0 Å². The highest BCUT2D eigenvalue weighted by Crippen LogP contribution is 2.36. The zero-order valence-corrected chi connectivity index (χ0v) is 15.4. The summed E-state index contributed by atoms with van der Waals surface area (Å²) >= 11 is 0. The number of fused-ring (bicyclic) bond motifs is 1. The number of likely N-dealkylation sites (tertiary alicyclic amines) is 1. The van der Waals surface area contributed by atoms with Crippen LogP contribution in [0.1, 0.15) is 61.7 Å². The quantitative estimate of drug-likeness (QED) is 0.875. The third kappa shape index (κ3) is 3.63. The normalized spacial score (nSPS) is 28.5. The van der Waals surface area contributed by atoms with Crippen molar-refractivity contribution in [2.24, 2.45) is 5.92 Å². The van der Waals surface area contributed by atoms with E-state index in [-0.39, 0.29) is 17.9 Å². The molecular weight excluding hydrogens is 326 g/mol. The van der Waals surface area contributed by atoms with Crippen LogP contribution in [0.5, 0.6) is 0 Å². The molecule has 4 rings (SSSR count). The average Bonchev–Trinajstić information content (AvgIpc) is 3.23. The van der Waals surface area contributed by atoms with E-state index in [2.05, 4.69) is 15.5 Å². The van der Waals surface area contributed by atoms with Gasteiger partial charge in [-0.15, -0.1) is 0 Å². The Balaban J connectivity index is 1.41. The van der Waals surface area contributed by atoms with Crippen LogP contribution < -0.4 is 10.6 Å². The predicted molar refractivity (Wildman–Crippen MR) is 102 cm³/mol. The number of anilines is 1. The highest BCUT2D eigenvalue weighted by Gasteiger charge is 2.35. The maximum absolute atomic E-state index is 13.0. The number of carbonyl (C=O) groups is 2. The van der Waals surface area contributed by atoms with Crippen molar-refractivity contribution in [2.45, 2.75) is 63.5 Å². The smallest absolute Gasteiger partial charge is 0.254 e. The van der Waals surface area contributed by atoms with Crippen molar-refractivity contribution in [1.29, 1.82) is 0 Å². The molecule has 2 aliphatic heterocycles. The summed E-state index contributed by atoms with van der Waals surface area (Å²) in [6.07, 6.45) is 9.31. The molecule has 2 saturated heterocycles. The maximum atomic E-state index is 13.0. The summed E-state index contributed by atoms with van der Waals surface area (Å²) in [5.74, 6) is 0.860. The molecule has 3 fully saturated rings. The molecule has 2 amide bonds. The SMILES string of the molecule is O=C(Nc1ccc(C(=O)N2CCC[C@H]3CCCC[C@@H]32)cc1)C1CCCN1. The number of nitrogens with zero attached hydrogens (tertiary/aromatic N) is 1. The van der Waals surface area contributed by atoms with Crippen LogP contribution in [-0.4, -0.2) is 41.9 Å². The number of hydrogen-bond donors (Lipinski definition) is 2. The molecule has 26 heavy (non-hydrogen) atoms. The summed E-state index contributed by atoms with van der Waals surface area (Å²) in [6.45, 7) is 1.79. The van der Waals surface area contributed by atoms with Crippen molar-refractivity contribution in [3.63, 3.8) is 0 Å². The van der Waals surface area contributed by atoms with Crippen molar-refractivity contribution < 1.29 is 9.59 Å². The Hall–Kier alpha value is -1.88. The zero-order chi connectivity index (χ0) is 17.9. The second-order valence-corrected chi connectivity index (χ2v) is 7.97. The monoisotopic (exact) mass is 355 g/mol. The van der Waals surface area contributed by atoms with Crippen LogP contribution in [0, 0.1) is 5.92 Å². The third-order valence-corrected chi connectivity index (χ3v) is 6.28. The first kappa shape index (κ1) is 17.5. The average molecular weight is 355 g/mol. The first-order valence-electron chi connectivity index (χ1n) is 10.2. The van der Waals surface area contributed by atoms with Crippen LogP contribution in [0.25, 0.3) is 0 Å². The molecule has 5 heteroatoms. The predicted octanol–water partition coefficient (Wildman–Crippen LogP) is 3.17. The molecule has 140 valence electrons. The summed E-state index contributed by atoms with van der Waals surface area (Å²) in [5, 5.41) is 6.15. The number of hydrogen-bond acceptors (Lipinski definition) is 3. The topological polar surface area (TPSA) is 61.4 Å². The Labute approximate surface area is 155 Å². The third-order valence-electron chi connectivity index (χ3n) is 6.28. The standard InChI is InChI=1S/C21H29N3O2/c25-20(18-7-3-13-22-18)23-17-11-9-16(10-12-17)21(26)24-14-4-6-15-5-1-2-8-19(15)24/h9-12,15,18-19,22H,1-8,13-14H2,(H,23,25)/t15-,18?,19+/m1/s1. The molecule has 2 N–H and O–H groups in total. The van der Waals surface area contributed by atoms with Gasteiger partial charge < -0.3 is 15.5 Å². The maximum Gasteiger partial charge on any atom is 0.254 e. The zero-order valence-electron chi connectivity index (χ0n) is 15.4. The fourth-order valence-corrected chi connectivity index (χ4v) is 4.88. The van der Waals surface area contributed by atoms with Crippen LogP contribution in [0.4, 0.5) is 5.69 Å². The minimum absolute atomic E-state index is 0.0163. The van der Waals surface area contributed by atoms with Crippen LogP contribution in [0.3, 0.4) is 0 Å². The van der Waals surface area contributed by atoms with Crippen molar-refractivity contribution in [2.75, 3.05) is 18.4 Å². The van der Waals surface area contributed by atoms with Crippen LogP contribution in [0.2, 0.25) is 0 Å². The largest absolute Gasteiger partial charge is 0.335 e. The van der Waals surface area contributed by atoms with Gasteiger partial charge in [-0.3, -0.25) is 9.59 Å². The highest BCUT2D eigenvalue weighted by atomic mass is 16.2. The number of nitrogens with one attached hydrogen (secondary N) is 2. The van der Waals surface area contributed by atoms with Gasteiger partial charge in [-0.05, 0) is 75.3 Å². The molecule has 1 saturated carbocycles. The van der Waals surface area contributed by atoms with Gasteiger partial charge in [-0.1, -0.05) is 12.8 Å². The molecule has 1 aromatic carbocycles. The lowest BCUT2D eigenvalue weighted by atomic mass is 9.78. The molecule has 0 bridgehead atoms. The Morgan fingerprint density at radius 3 is 2.50 bits per heavy atom. The number of amides is 2. The molecule has 3 aliphatic rings. The lowest BCUT2D eigenvalue weighted by Gasteiger charge is -2.44. The van der Waals surface area contributed by atoms with E-state index in [4.69, 9.17) is 0 Å². The van der Waals surface area contributed by atoms with E-state index in [0.717, 1.165) is 50.0 Å². The Morgan fingerprint density at radius 1 is 0.962 bits per heavy atom. The van der Waals surface area contributed by atoms with Gasteiger partial charge in [-0.2, -0.15) is 0 Å². The van der Waals surface area contributed by atoms with Gasteiger partial charge in [0.1, 0.15) is 0 Å². The first-order valence-corrected chi connectivity index (χ1v) is 10.2. The molecule has 5 nitrogen and oxygen atoms in total. The molecule has 0 spiro atoms. The summed E-state index contributed by atoms with van der Waals surface area (Å²) in [6, 6.07) is 7.75. The van der Waals surface area contributed by atoms with Crippen LogP contribution >= 0.6 is 0 Å². The van der Waals surface area contributed by atoms with Crippen molar-refractivity contribution >= 4 is 17.5 Å². The Morgan fingerprint density at radius 2 is 1.73 bits per heavy atom. The summed E-state index contributed by atoms with van der Waals surface area (Å²) in [4.78, 5) is 27.3. The van der Waals surface area contributed by atoms with Gasteiger partial charge >= 0.3 is 0 Å². The second-order valence-electron chi connectivity index (χ2n) is 7.97. The Bertz CT molecular complexity index is 650. The summed E-state index contributed by atoms with van der Waals surface area (Å²) in [5.41, 5.74) is 1.49. The van der Waals surface area contributed by atoms with E-state index in [9.17, 15) is 9.59 Å². The molecule has 1 aliphatic carbocycles. The van der Waals surface area contributed by atoms with Gasteiger partial charge in [0, 0.05) is 23.8 Å². The van der Waals surface area contributed by atoms with Crippen molar-refractivity contribution in [3.05, 3.63) is 29.8 Å². The number of carbonyl (C=O) groups excluding carboxylic acids is 2. The van der Waals surface area contributed by atoms with E-state index in [1.807, 2.05) is 24.3 Å². The second kappa shape index (κ2) is 7.78. The minimum Gasteiger partial charge on any atom is -0.335 e. The lowest BCUT2D eigenvalue weighted by Crippen LogP contribution is -2.49. The molecule has 1 unspecified atom stereocenters. The van der Waals surface area contributed by atoms with Gasteiger partial charge in [0.15, 0.2) is 0 Å². The van der Waals surface area contributed by atoms with Crippen LogP contribution in [0.15, 0.2) is 24.3 Å². The first-order chi connectivity index (χ1) is 12.7. The molecule has 2 heterocycles. The molecular formula is C21H29N3O2. The van der Waals surface area contributed by atoms with Gasteiger partial charge in [0.2, 0.25) is 5.91 Å². The molecule has 0 aromatic heterocycles. The summed E-state index contributed by atoms with van der Waals surface area (Å²) in [7, 11) is 0. The van der Waals surface area contributed by atoms with E-state index in [1.54, 1.807) is 0 Å². The highest BCUT2D eigenvalue weighted by molar-refractivity contribution is 5.97. The summed E-state index contributed by atoms with van der Waals surface area (Å²) < 4.78 is 0. The molecule has 3 atom stereocenters. The minimum atomic E-state index is -0.0899. The van der Waals surface area contributed by atoms with Gasteiger partial charge in [0.25, 0.3) is 5.91 Å². The number of benzene rings is 1. The van der Waals surface area contributed by atoms with E-state index >= 15 is 0 Å². The van der Waals surface area contributed by atoms with Crippen LogP contribution in [-0.2, 0) is 4.79 Å². The van der Waals surface area contributed by atoms with E-state index in [0.29, 0.717) is 12.0 Å². The molecule has 0 radical (unpaired) electrons. The lowest BCUT2D eigenvalue weighted by molar-refractivity contribution is -0.117. The number of rotatable bonds is 3. The Kier molecular flexibility index (Phi) is 5.25. The van der Waals surface area contributed by atoms with E-state index in [1.165, 1.54) is 25.7 Å².